The van der Waals surface area contributed by atoms with Crippen molar-refractivity contribution < 1.29 is 24.2 Å². The molecule has 0 bridgehead atoms. The van der Waals surface area contributed by atoms with E-state index in [1.54, 1.807) is 31.2 Å². The summed E-state index contributed by atoms with van der Waals surface area (Å²) in [5, 5.41) is 9.65. The highest BCUT2D eigenvalue weighted by molar-refractivity contribution is 6.06. The second kappa shape index (κ2) is 7.62. The van der Waals surface area contributed by atoms with Crippen molar-refractivity contribution in [3.63, 3.8) is 0 Å². The zero-order chi connectivity index (χ0) is 17.6. The van der Waals surface area contributed by atoms with Gasteiger partial charge >= 0.3 is 11.9 Å². The van der Waals surface area contributed by atoms with Crippen LogP contribution in [-0.2, 0) is 25.7 Å². The average molecular weight is 322 g/mol. The second-order valence-electron chi connectivity index (χ2n) is 5.09. The summed E-state index contributed by atoms with van der Waals surface area (Å²) in [6.07, 6.45) is -0.101. The fourth-order valence-corrected chi connectivity index (χ4v) is 2.37. The Morgan fingerprint density at radius 3 is 2.17 bits per heavy atom. The van der Waals surface area contributed by atoms with Crippen LogP contribution in [0.4, 0.5) is 5.69 Å². The van der Waals surface area contributed by atoms with Crippen LogP contribution in [-0.4, -0.2) is 40.0 Å². The number of carboxylic acid groups (broad SMARTS) is 1. The van der Waals surface area contributed by atoms with E-state index < -0.39 is 23.4 Å². The van der Waals surface area contributed by atoms with Crippen LogP contribution in [0.5, 0.6) is 0 Å². The number of carbonyl (C=O) groups excluding carboxylic acids is 2. The lowest BCUT2D eigenvalue weighted by Crippen LogP contribution is -2.61. The minimum absolute atomic E-state index is 0.0292. The minimum atomic E-state index is -2.05. The van der Waals surface area contributed by atoms with Gasteiger partial charge in [-0.1, -0.05) is 19.1 Å². The summed E-state index contributed by atoms with van der Waals surface area (Å²) in [4.78, 5) is 37.2. The van der Waals surface area contributed by atoms with E-state index in [1.165, 1.54) is 13.8 Å². The largest absolute Gasteiger partial charge is 0.479 e. The molecule has 0 radical (unpaired) electrons. The van der Waals surface area contributed by atoms with Crippen molar-refractivity contribution in [3.8, 4) is 0 Å². The molecule has 1 aromatic carbocycles. The first-order valence-corrected chi connectivity index (χ1v) is 7.32. The summed E-state index contributed by atoms with van der Waals surface area (Å²) >= 11 is 0. The number of hydrogen-bond donors (Lipinski definition) is 2. The number of carbonyl (C=O) groups is 3. The molecule has 0 spiro atoms. The quantitative estimate of drug-likeness (QED) is 0.446. The van der Waals surface area contributed by atoms with Gasteiger partial charge in [-0.25, -0.2) is 9.59 Å². The fourth-order valence-electron chi connectivity index (χ4n) is 2.37. The third kappa shape index (κ3) is 3.80. The SMILES string of the molecule is CCOC(=O)C(CC)(C(=O)O)N(Cc1ccc(N)cc1)C(C)=O. The average Bonchev–Trinajstić information content (AvgIpc) is 2.49. The van der Waals surface area contributed by atoms with E-state index in [0.717, 1.165) is 4.90 Å². The summed E-state index contributed by atoms with van der Waals surface area (Å²) in [6.45, 7) is 4.34. The van der Waals surface area contributed by atoms with Gasteiger partial charge in [0.25, 0.3) is 0 Å². The van der Waals surface area contributed by atoms with E-state index in [1.807, 2.05) is 0 Å². The Bertz CT molecular complexity index is 585. The maximum Gasteiger partial charge on any atom is 0.343 e. The van der Waals surface area contributed by atoms with Gasteiger partial charge in [-0.3, -0.25) is 4.79 Å². The van der Waals surface area contributed by atoms with Crippen LogP contribution in [0, 0.1) is 0 Å². The second-order valence-corrected chi connectivity index (χ2v) is 5.09. The van der Waals surface area contributed by atoms with E-state index in [-0.39, 0.29) is 19.6 Å². The number of amides is 1. The van der Waals surface area contributed by atoms with Crippen LogP contribution in [0.1, 0.15) is 32.8 Å². The third-order valence-corrected chi connectivity index (χ3v) is 3.64. The van der Waals surface area contributed by atoms with Gasteiger partial charge in [0.15, 0.2) is 0 Å². The number of hydrogen-bond acceptors (Lipinski definition) is 5. The molecule has 0 aliphatic heterocycles. The first-order valence-electron chi connectivity index (χ1n) is 7.32. The molecule has 1 rings (SSSR count). The molecule has 0 saturated heterocycles. The minimum Gasteiger partial charge on any atom is -0.479 e. The number of nitrogens with two attached hydrogens (primary N) is 1. The molecule has 1 amide bonds. The van der Waals surface area contributed by atoms with E-state index in [2.05, 4.69) is 0 Å². The van der Waals surface area contributed by atoms with Crippen LogP contribution in [0.2, 0.25) is 0 Å². The Morgan fingerprint density at radius 2 is 1.78 bits per heavy atom. The van der Waals surface area contributed by atoms with Crippen LogP contribution in [0.3, 0.4) is 0 Å². The highest BCUT2D eigenvalue weighted by Gasteiger charge is 2.52. The maximum absolute atomic E-state index is 12.3. The molecule has 3 N–H and O–H groups in total. The van der Waals surface area contributed by atoms with Crippen LogP contribution < -0.4 is 5.73 Å². The van der Waals surface area contributed by atoms with E-state index >= 15 is 0 Å². The topological polar surface area (TPSA) is 110 Å². The molecule has 0 aromatic heterocycles. The smallest absolute Gasteiger partial charge is 0.343 e. The Labute approximate surface area is 135 Å². The van der Waals surface area contributed by atoms with Crippen molar-refractivity contribution in [2.24, 2.45) is 0 Å². The lowest BCUT2D eigenvalue weighted by Gasteiger charge is -2.37. The van der Waals surface area contributed by atoms with Gasteiger partial charge in [0.05, 0.1) is 6.61 Å². The van der Waals surface area contributed by atoms with E-state index in [4.69, 9.17) is 10.5 Å². The number of esters is 1. The predicted octanol–water partition coefficient (Wildman–Crippen LogP) is 1.41. The standard InChI is InChI=1S/C16H22N2O5/c1-4-16(14(20)21,15(22)23-5-2)18(11(3)19)10-12-6-8-13(17)9-7-12/h6-9H,4-5,10,17H2,1-3H3,(H,20,21). The molecule has 1 atom stereocenters. The molecule has 0 heterocycles. The van der Waals surface area contributed by atoms with Crippen LogP contribution in [0.15, 0.2) is 24.3 Å². The molecule has 0 saturated carbocycles. The zero-order valence-corrected chi connectivity index (χ0v) is 13.5. The van der Waals surface area contributed by atoms with Crippen molar-refractivity contribution in [1.82, 2.24) is 4.90 Å². The zero-order valence-electron chi connectivity index (χ0n) is 13.5. The summed E-state index contributed by atoms with van der Waals surface area (Å²) in [6, 6.07) is 6.65. The lowest BCUT2D eigenvalue weighted by molar-refractivity contribution is -0.177. The predicted molar refractivity (Wildman–Crippen MR) is 84.4 cm³/mol. The van der Waals surface area contributed by atoms with Crippen molar-refractivity contribution in [3.05, 3.63) is 29.8 Å². The summed E-state index contributed by atoms with van der Waals surface area (Å²) in [7, 11) is 0. The monoisotopic (exact) mass is 322 g/mol. The third-order valence-electron chi connectivity index (χ3n) is 3.64. The first-order chi connectivity index (χ1) is 10.8. The number of ether oxygens (including phenoxy) is 1. The normalized spacial score (nSPS) is 13.0. The van der Waals surface area contributed by atoms with Gasteiger partial charge < -0.3 is 20.5 Å². The van der Waals surface area contributed by atoms with E-state index in [0.29, 0.717) is 11.3 Å². The van der Waals surface area contributed by atoms with Gasteiger partial charge in [-0.2, -0.15) is 0 Å². The molecule has 7 heteroatoms. The Balaban J connectivity index is 3.30. The summed E-state index contributed by atoms with van der Waals surface area (Å²) in [5.41, 5.74) is 4.78. The molecule has 1 aromatic rings. The first kappa shape index (κ1) is 18.5. The van der Waals surface area contributed by atoms with Gasteiger partial charge in [0.2, 0.25) is 11.4 Å². The van der Waals surface area contributed by atoms with Gasteiger partial charge in [-0.05, 0) is 31.0 Å². The Kier molecular flexibility index (Phi) is 6.12. The number of nitrogens with zero attached hydrogens (tertiary/aromatic N) is 1. The van der Waals surface area contributed by atoms with Crippen molar-refractivity contribution >= 4 is 23.5 Å². The Hall–Kier alpha value is -2.57. The van der Waals surface area contributed by atoms with Gasteiger partial charge in [0, 0.05) is 19.2 Å². The fraction of sp³-hybridized carbons (Fsp3) is 0.438. The molecular weight excluding hydrogens is 300 g/mol. The molecule has 126 valence electrons. The Morgan fingerprint density at radius 1 is 1.22 bits per heavy atom. The highest BCUT2D eigenvalue weighted by atomic mass is 16.5. The number of aliphatic carboxylic acids is 1. The molecule has 0 aliphatic rings. The van der Waals surface area contributed by atoms with Gasteiger partial charge in [0.1, 0.15) is 0 Å². The van der Waals surface area contributed by atoms with Crippen molar-refractivity contribution in [2.45, 2.75) is 39.3 Å². The van der Waals surface area contributed by atoms with Crippen molar-refractivity contribution in [2.75, 3.05) is 12.3 Å². The number of anilines is 1. The molecule has 23 heavy (non-hydrogen) atoms. The summed E-state index contributed by atoms with van der Waals surface area (Å²) < 4.78 is 4.91. The lowest BCUT2D eigenvalue weighted by atomic mass is 9.92. The van der Waals surface area contributed by atoms with Crippen LogP contribution >= 0.6 is 0 Å². The molecule has 7 nitrogen and oxygen atoms in total. The van der Waals surface area contributed by atoms with E-state index in [9.17, 15) is 19.5 Å². The number of benzene rings is 1. The number of carboxylic acids is 1. The molecule has 1 unspecified atom stereocenters. The highest BCUT2D eigenvalue weighted by Crippen LogP contribution is 2.26. The van der Waals surface area contributed by atoms with Crippen LogP contribution in [0.25, 0.3) is 0 Å². The summed E-state index contributed by atoms with van der Waals surface area (Å²) in [5.74, 6) is -2.89. The molecule has 0 fully saturated rings. The molecular formula is C16H22N2O5. The number of rotatable bonds is 7. The molecule has 0 aliphatic carbocycles. The maximum atomic E-state index is 12.3. The van der Waals surface area contributed by atoms with Crippen molar-refractivity contribution in [1.29, 1.82) is 0 Å². The van der Waals surface area contributed by atoms with Gasteiger partial charge in [-0.15, -0.1) is 0 Å². The number of nitrogen functional groups attached to an aromatic ring is 1.